The van der Waals surface area contributed by atoms with Gasteiger partial charge >= 0.3 is 30.2 Å². The van der Waals surface area contributed by atoms with Crippen LogP contribution < -0.4 is 18.9 Å². The van der Waals surface area contributed by atoms with E-state index in [2.05, 4.69) is 11.3 Å². The molecule has 0 unspecified atom stereocenters. The van der Waals surface area contributed by atoms with Gasteiger partial charge in [0.05, 0.1) is 24.3 Å². The van der Waals surface area contributed by atoms with E-state index in [9.17, 15) is 37.1 Å². The molecule has 0 saturated heterocycles. The molecule has 0 bridgehead atoms. The Kier molecular flexibility index (Phi) is 11.6. The number of ether oxygens (including phenoxy) is 6. The Morgan fingerprint density at radius 3 is 1.82 bits per heavy atom. The minimum Gasteiger partial charge on any atom is -0.463 e. The number of esters is 3. The Labute approximate surface area is 247 Å². The first-order valence-corrected chi connectivity index (χ1v) is 12.6. The van der Waals surface area contributed by atoms with Crippen LogP contribution in [0.3, 0.4) is 0 Å². The number of unbranched alkanes of at least 4 members (excludes halogenated alkanes) is 1. The molecule has 0 spiro atoms. The lowest BCUT2D eigenvalue weighted by Crippen LogP contribution is -2.15. The van der Waals surface area contributed by atoms with E-state index < -0.39 is 47.3 Å². The van der Waals surface area contributed by atoms with Gasteiger partial charge in [0.25, 0.3) is 6.47 Å². The molecule has 44 heavy (non-hydrogen) atoms. The second kappa shape index (κ2) is 15.5. The SMILES string of the molecule is C=CC(=O)OCCCCOC(=O)Oc1ccc(C(=O)Oc2ccc(OC(=O)c3ccc(OC=O)cc3)c(C(F)(F)F)c2)cc1. The number of alkyl halides is 3. The Balaban J connectivity index is 1.57. The van der Waals surface area contributed by atoms with E-state index >= 15 is 0 Å². The normalized spacial score (nSPS) is 10.6. The molecule has 230 valence electrons. The summed E-state index contributed by atoms with van der Waals surface area (Å²) in [5.74, 6) is -3.89. The lowest BCUT2D eigenvalue weighted by atomic mass is 10.1. The van der Waals surface area contributed by atoms with E-state index in [4.69, 9.17) is 23.7 Å². The van der Waals surface area contributed by atoms with E-state index in [0.29, 0.717) is 18.9 Å². The van der Waals surface area contributed by atoms with Crippen molar-refractivity contribution in [2.24, 2.45) is 0 Å². The fourth-order valence-electron chi connectivity index (χ4n) is 3.31. The van der Waals surface area contributed by atoms with Crippen LogP contribution in [0.15, 0.2) is 79.4 Å². The maximum absolute atomic E-state index is 13.7. The minimum absolute atomic E-state index is 0.00219. The molecule has 3 aromatic rings. The molecule has 11 nitrogen and oxygen atoms in total. The van der Waals surface area contributed by atoms with Gasteiger partial charge in [-0.3, -0.25) is 4.79 Å². The van der Waals surface area contributed by atoms with Gasteiger partial charge in [0.1, 0.15) is 28.6 Å². The first-order chi connectivity index (χ1) is 21.0. The van der Waals surface area contributed by atoms with Crippen molar-refractivity contribution in [2.75, 3.05) is 13.2 Å². The molecule has 0 aliphatic heterocycles. The molecule has 0 aliphatic rings. The maximum atomic E-state index is 13.7. The molecule has 3 rings (SSSR count). The minimum atomic E-state index is -4.98. The zero-order valence-electron chi connectivity index (χ0n) is 22.7. The average Bonchev–Trinajstić information content (AvgIpc) is 2.99. The van der Waals surface area contributed by atoms with Crippen LogP contribution in [0.5, 0.6) is 23.0 Å². The summed E-state index contributed by atoms with van der Waals surface area (Å²) in [6.07, 6.45) is -4.13. The van der Waals surface area contributed by atoms with Gasteiger partial charge in [-0.2, -0.15) is 13.2 Å². The largest absolute Gasteiger partial charge is 0.513 e. The van der Waals surface area contributed by atoms with Crippen molar-refractivity contribution in [3.63, 3.8) is 0 Å². The number of rotatable bonds is 13. The number of halogens is 3. The predicted molar refractivity (Wildman–Crippen MR) is 143 cm³/mol. The molecule has 0 fully saturated rings. The lowest BCUT2D eigenvalue weighted by molar-refractivity contribution is -0.139. The molecule has 0 N–H and O–H groups in total. The van der Waals surface area contributed by atoms with E-state index in [1.807, 2.05) is 0 Å². The second-order valence-electron chi connectivity index (χ2n) is 8.48. The van der Waals surface area contributed by atoms with Crippen LogP contribution in [0.25, 0.3) is 0 Å². The third-order valence-corrected chi connectivity index (χ3v) is 5.40. The molecule has 0 amide bonds. The van der Waals surface area contributed by atoms with Gasteiger partial charge in [-0.25, -0.2) is 19.2 Å². The standard InChI is InChI=1S/C30H23F3O11/c1-2-26(35)39-15-3-4-16-40-29(38)43-22-11-7-19(8-12-22)27(36)42-23-13-14-25(24(17-23)30(31,32)33)44-28(37)20-5-9-21(10-6-20)41-18-34/h2,5-14,17-18H,1,3-4,15-16H2. The Morgan fingerprint density at radius 2 is 1.25 bits per heavy atom. The summed E-state index contributed by atoms with van der Waals surface area (Å²) in [4.78, 5) is 58.0. The van der Waals surface area contributed by atoms with Gasteiger partial charge in [-0.05, 0) is 79.6 Å². The smallest absolute Gasteiger partial charge is 0.463 e. The van der Waals surface area contributed by atoms with Crippen molar-refractivity contribution in [2.45, 2.75) is 19.0 Å². The van der Waals surface area contributed by atoms with Gasteiger partial charge in [-0.15, -0.1) is 0 Å². The Hall–Kier alpha value is -5.66. The van der Waals surface area contributed by atoms with Crippen LogP contribution in [0.1, 0.15) is 39.1 Å². The molecular formula is C30H23F3O11. The maximum Gasteiger partial charge on any atom is 0.513 e. The topological polar surface area (TPSA) is 141 Å². The lowest BCUT2D eigenvalue weighted by Gasteiger charge is -2.14. The van der Waals surface area contributed by atoms with Crippen LogP contribution in [0.4, 0.5) is 18.0 Å². The number of carbonyl (C=O) groups is 5. The molecule has 0 aromatic heterocycles. The highest BCUT2D eigenvalue weighted by Crippen LogP contribution is 2.39. The number of benzene rings is 3. The van der Waals surface area contributed by atoms with Crippen LogP contribution in [-0.2, 0) is 25.2 Å². The summed E-state index contributed by atoms with van der Waals surface area (Å²) in [7, 11) is 0. The van der Waals surface area contributed by atoms with Crippen molar-refractivity contribution in [3.05, 3.63) is 96.1 Å². The van der Waals surface area contributed by atoms with Crippen LogP contribution in [-0.4, -0.2) is 43.7 Å². The number of hydrogen-bond donors (Lipinski definition) is 0. The molecule has 0 atom stereocenters. The third-order valence-electron chi connectivity index (χ3n) is 5.40. The molecule has 0 aliphatic carbocycles. The Bertz CT molecular complexity index is 1500. The van der Waals surface area contributed by atoms with E-state index in [0.717, 1.165) is 18.2 Å². The van der Waals surface area contributed by atoms with Crippen LogP contribution >= 0.6 is 0 Å². The summed E-state index contributed by atoms with van der Waals surface area (Å²) in [6.45, 7) is 3.56. The summed E-state index contributed by atoms with van der Waals surface area (Å²) in [5, 5.41) is 0. The first kappa shape index (κ1) is 32.8. The summed E-state index contributed by atoms with van der Waals surface area (Å²) >= 11 is 0. The Morgan fingerprint density at radius 1 is 0.705 bits per heavy atom. The summed E-state index contributed by atoms with van der Waals surface area (Å²) in [6, 6.07) is 12.1. The molecule has 3 aromatic carbocycles. The average molecular weight is 616 g/mol. The van der Waals surface area contributed by atoms with Gasteiger partial charge in [0, 0.05) is 6.08 Å². The van der Waals surface area contributed by atoms with Gasteiger partial charge < -0.3 is 28.4 Å². The van der Waals surface area contributed by atoms with Crippen LogP contribution in [0, 0.1) is 0 Å². The van der Waals surface area contributed by atoms with Crippen molar-refractivity contribution >= 4 is 30.5 Å². The summed E-state index contributed by atoms with van der Waals surface area (Å²) < 4.78 is 70.5. The van der Waals surface area contributed by atoms with Crippen molar-refractivity contribution in [3.8, 4) is 23.0 Å². The van der Waals surface area contributed by atoms with E-state index in [1.165, 1.54) is 48.5 Å². The number of carbonyl (C=O) groups excluding carboxylic acids is 5. The first-order valence-electron chi connectivity index (χ1n) is 12.6. The molecule has 0 saturated carbocycles. The molecule has 14 heteroatoms. The van der Waals surface area contributed by atoms with E-state index in [-0.39, 0.29) is 42.3 Å². The zero-order valence-corrected chi connectivity index (χ0v) is 22.7. The summed E-state index contributed by atoms with van der Waals surface area (Å²) in [5.41, 5.74) is -1.57. The third kappa shape index (κ3) is 10.0. The quantitative estimate of drug-likeness (QED) is 0.0583. The second-order valence-corrected chi connectivity index (χ2v) is 8.48. The van der Waals surface area contributed by atoms with Crippen molar-refractivity contribution in [1.82, 2.24) is 0 Å². The molecule has 0 radical (unpaired) electrons. The monoisotopic (exact) mass is 616 g/mol. The highest BCUT2D eigenvalue weighted by Gasteiger charge is 2.36. The van der Waals surface area contributed by atoms with Gasteiger partial charge in [-0.1, -0.05) is 6.58 Å². The van der Waals surface area contributed by atoms with Gasteiger partial charge in [0.2, 0.25) is 0 Å². The highest BCUT2D eigenvalue weighted by molar-refractivity contribution is 5.92. The van der Waals surface area contributed by atoms with Crippen molar-refractivity contribution in [1.29, 1.82) is 0 Å². The van der Waals surface area contributed by atoms with Gasteiger partial charge in [0.15, 0.2) is 0 Å². The predicted octanol–water partition coefficient (Wildman–Crippen LogP) is 5.70. The van der Waals surface area contributed by atoms with Crippen molar-refractivity contribution < 1.29 is 65.6 Å². The molecule has 0 heterocycles. The molecular weight excluding hydrogens is 593 g/mol. The highest BCUT2D eigenvalue weighted by atomic mass is 19.4. The van der Waals surface area contributed by atoms with Crippen LogP contribution in [0.2, 0.25) is 0 Å². The fraction of sp³-hybridized carbons (Fsp3) is 0.167. The fourth-order valence-corrected chi connectivity index (χ4v) is 3.31. The zero-order chi connectivity index (χ0) is 32.1. The number of hydrogen-bond acceptors (Lipinski definition) is 11. The van der Waals surface area contributed by atoms with E-state index in [1.54, 1.807) is 0 Å².